The maximum atomic E-state index is 13.2. The number of carbonyl (C=O) groups is 1. The van der Waals surface area contributed by atoms with E-state index in [1.807, 2.05) is 0 Å². The maximum Gasteiger partial charge on any atom is 0.416 e. The van der Waals surface area contributed by atoms with Gasteiger partial charge in [0.25, 0.3) is 5.91 Å². The molecule has 1 aromatic carbocycles. The molecule has 2 aromatic rings. The molecule has 0 aliphatic carbocycles. The average molecular weight is 417 g/mol. The van der Waals surface area contributed by atoms with Crippen molar-refractivity contribution in [2.75, 3.05) is 30.9 Å². The van der Waals surface area contributed by atoms with Gasteiger partial charge in [-0.1, -0.05) is 12.1 Å². The van der Waals surface area contributed by atoms with Crippen molar-refractivity contribution >= 4 is 29.8 Å². The van der Waals surface area contributed by atoms with E-state index >= 15 is 0 Å². The van der Waals surface area contributed by atoms with E-state index in [0.717, 1.165) is 12.1 Å². The van der Waals surface area contributed by atoms with Crippen molar-refractivity contribution in [2.45, 2.75) is 18.3 Å². The van der Waals surface area contributed by atoms with E-state index < -0.39 is 23.3 Å². The number of methoxy groups -OCH3 is 1. The Hall–Kier alpha value is -2.52. The third-order valence-electron chi connectivity index (χ3n) is 4.21. The monoisotopic (exact) mass is 416 g/mol. The molecule has 0 bridgehead atoms. The first kappa shape index (κ1) is 21.8. The van der Waals surface area contributed by atoms with Gasteiger partial charge < -0.3 is 20.7 Å². The van der Waals surface area contributed by atoms with Crippen molar-refractivity contribution < 1.29 is 22.7 Å². The van der Waals surface area contributed by atoms with Gasteiger partial charge in [0.15, 0.2) is 5.82 Å². The summed E-state index contributed by atoms with van der Waals surface area (Å²) in [4.78, 5) is 17.1. The smallest absolute Gasteiger partial charge is 0.385 e. The first-order chi connectivity index (χ1) is 12.9. The van der Waals surface area contributed by atoms with Crippen molar-refractivity contribution in [3.8, 4) is 0 Å². The standard InChI is InChI=1S/C18H19F3N4O2.ClH/c1-27-10-4-9-23-16(26)17(24-14-7-3-8-22-15(14)25-17)12-5-2-6-13(11-12)18(19,20)21;/h2-3,5-8,11,24H,4,9-10H2,1H3,(H,22,25)(H,23,26);1H. The predicted molar refractivity (Wildman–Crippen MR) is 101 cm³/mol. The van der Waals surface area contributed by atoms with E-state index in [1.54, 1.807) is 19.2 Å². The minimum absolute atomic E-state index is 0. The molecule has 0 spiro atoms. The second-order valence-corrected chi connectivity index (χ2v) is 6.08. The molecule has 1 amide bonds. The van der Waals surface area contributed by atoms with Crippen LogP contribution in [0.25, 0.3) is 0 Å². The highest BCUT2D eigenvalue weighted by molar-refractivity contribution is 5.97. The number of nitrogens with zero attached hydrogens (tertiary/aromatic N) is 1. The van der Waals surface area contributed by atoms with Gasteiger partial charge in [-0.3, -0.25) is 4.79 Å². The third-order valence-corrected chi connectivity index (χ3v) is 4.21. The van der Waals surface area contributed by atoms with Gasteiger partial charge in [-0.25, -0.2) is 4.98 Å². The Labute approximate surface area is 166 Å². The SMILES string of the molecule is COCCCNC(=O)C1(c2cccc(C(F)(F)F)c2)Nc2cccnc2N1.Cl. The first-order valence-electron chi connectivity index (χ1n) is 8.33. The summed E-state index contributed by atoms with van der Waals surface area (Å²) in [5.74, 6) is -0.113. The number of halogens is 4. The summed E-state index contributed by atoms with van der Waals surface area (Å²) >= 11 is 0. The number of benzene rings is 1. The Morgan fingerprint density at radius 2 is 2.04 bits per heavy atom. The summed E-state index contributed by atoms with van der Waals surface area (Å²) < 4.78 is 44.4. The van der Waals surface area contributed by atoms with E-state index in [2.05, 4.69) is 20.9 Å². The Morgan fingerprint density at radius 1 is 1.25 bits per heavy atom. The van der Waals surface area contributed by atoms with E-state index in [1.165, 1.54) is 18.3 Å². The quantitative estimate of drug-likeness (QED) is 0.630. The number of ether oxygens (including phenoxy) is 1. The van der Waals surface area contributed by atoms with Crippen LogP contribution in [0.3, 0.4) is 0 Å². The molecule has 2 heterocycles. The Morgan fingerprint density at radius 3 is 2.71 bits per heavy atom. The molecule has 152 valence electrons. The number of fused-ring (bicyclic) bond motifs is 1. The number of rotatable bonds is 6. The van der Waals surface area contributed by atoms with Gasteiger partial charge in [0.05, 0.1) is 11.3 Å². The van der Waals surface area contributed by atoms with Crippen molar-refractivity contribution in [3.63, 3.8) is 0 Å². The fraction of sp³-hybridized carbons (Fsp3) is 0.333. The summed E-state index contributed by atoms with van der Waals surface area (Å²) in [5, 5.41) is 8.69. The third kappa shape index (κ3) is 4.31. The van der Waals surface area contributed by atoms with Crippen LogP contribution in [-0.4, -0.2) is 31.2 Å². The number of amides is 1. The van der Waals surface area contributed by atoms with Crippen LogP contribution in [0.1, 0.15) is 17.5 Å². The molecule has 6 nitrogen and oxygen atoms in total. The zero-order valence-corrected chi connectivity index (χ0v) is 15.8. The number of alkyl halides is 3. The number of nitrogens with one attached hydrogen (secondary N) is 3. The van der Waals surface area contributed by atoms with Crippen LogP contribution in [-0.2, 0) is 21.4 Å². The molecule has 1 aliphatic heterocycles. The molecule has 1 aliphatic rings. The molecule has 3 N–H and O–H groups in total. The van der Waals surface area contributed by atoms with Gasteiger partial charge in [0.2, 0.25) is 5.66 Å². The predicted octanol–water partition coefficient (Wildman–Crippen LogP) is 3.37. The molecule has 0 radical (unpaired) electrons. The van der Waals surface area contributed by atoms with Crippen molar-refractivity contribution in [2.24, 2.45) is 0 Å². The molecule has 0 fully saturated rings. The zero-order chi connectivity index (χ0) is 19.5. The van der Waals surface area contributed by atoms with E-state index in [-0.39, 0.29) is 18.0 Å². The fourth-order valence-corrected chi connectivity index (χ4v) is 2.89. The van der Waals surface area contributed by atoms with Gasteiger partial charge in [-0.05, 0) is 30.7 Å². The molecule has 10 heteroatoms. The van der Waals surface area contributed by atoms with E-state index in [4.69, 9.17) is 4.74 Å². The summed E-state index contributed by atoms with van der Waals surface area (Å²) in [7, 11) is 1.55. The van der Waals surface area contributed by atoms with Gasteiger partial charge in [0, 0.05) is 32.0 Å². The van der Waals surface area contributed by atoms with Crippen LogP contribution < -0.4 is 16.0 Å². The Bertz CT molecular complexity index is 807. The van der Waals surface area contributed by atoms with E-state index in [0.29, 0.717) is 31.1 Å². The van der Waals surface area contributed by atoms with E-state index in [9.17, 15) is 18.0 Å². The molecule has 28 heavy (non-hydrogen) atoms. The summed E-state index contributed by atoms with van der Waals surface area (Å²) in [6.07, 6.45) is -2.41. The van der Waals surface area contributed by atoms with Gasteiger partial charge >= 0.3 is 6.18 Å². The summed E-state index contributed by atoms with van der Waals surface area (Å²) in [5.41, 5.74) is -1.76. The highest BCUT2D eigenvalue weighted by atomic mass is 35.5. The lowest BCUT2D eigenvalue weighted by atomic mass is 9.96. The molecule has 0 saturated heterocycles. The van der Waals surface area contributed by atoms with Crippen molar-refractivity contribution in [3.05, 3.63) is 53.7 Å². The first-order valence-corrected chi connectivity index (χ1v) is 8.33. The van der Waals surface area contributed by atoms with Crippen LogP contribution in [0, 0.1) is 0 Å². The number of hydrogen-bond acceptors (Lipinski definition) is 5. The van der Waals surface area contributed by atoms with Crippen LogP contribution in [0.4, 0.5) is 24.7 Å². The molecule has 1 atom stereocenters. The average Bonchev–Trinajstić information content (AvgIpc) is 3.05. The number of anilines is 2. The lowest BCUT2D eigenvalue weighted by Gasteiger charge is -2.30. The molecule has 3 rings (SSSR count). The number of pyridine rings is 1. The highest BCUT2D eigenvalue weighted by Gasteiger charge is 2.46. The Balaban J connectivity index is 0.00000280. The summed E-state index contributed by atoms with van der Waals surface area (Å²) in [6.45, 7) is 0.778. The molecular weight excluding hydrogens is 397 g/mol. The molecule has 1 aromatic heterocycles. The lowest BCUT2D eigenvalue weighted by molar-refractivity contribution is -0.137. The number of carbonyl (C=O) groups excluding carboxylic acids is 1. The highest BCUT2D eigenvalue weighted by Crippen LogP contribution is 2.40. The zero-order valence-electron chi connectivity index (χ0n) is 15.0. The normalized spacial score (nSPS) is 17.7. The van der Waals surface area contributed by atoms with Gasteiger partial charge in [-0.2, -0.15) is 13.2 Å². The second kappa shape index (κ2) is 8.66. The largest absolute Gasteiger partial charge is 0.416 e. The van der Waals surface area contributed by atoms with Crippen LogP contribution in [0.2, 0.25) is 0 Å². The van der Waals surface area contributed by atoms with Gasteiger partial charge in [-0.15, -0.1) is 12.4 Å². The van der Waals surface area contributed by atoms with Crippen molar-refractivity contribution in [1.29, 1.82) is 0 Å². The van der Waals surface area contributed by atoms with Crippen LogP contribution in [0.5, 0.6) is 0 Å². The minimum atomic E-state index is -4.52. The fourth-order valence-electron chi connectivity index (χ4n) is 2.89. The van der Waals surface area contributed by atoms with Gasteiger partial charge in [0.1, 0.15) is 0 Å². The minimum Gasteiger partial charge on any atom is -0.385 e. The second-order valence-electron chi connectivity index (χ2n) is 6.08. The Kier molecular flexibility index (Phi) is 6.73. The number of hydrogen-bond donors (Lipinski definition) is 3. The lowest BCUT2D eigenvalue weighted by Crippen LogP contribution is -2.53. The molecular formula is C18H20ClF3N4O2. The molecule has 0 saturated carbocycles. The van der Waals surface area contributed by atoms with Crippen LogP contribution in [0.15, 0.2) is 42.6 Å². The maximum absolute atomic E-state index is 13.2. The van der Waals surface area contributed by atoms with Crippen LogP contribution >= 0.6 is 12.4 Å². The van der Waals surface area contributed by atoms with Crippen molar-refractivity contribution in [1.82, 2.24) is 10.3 Å². The topological polar surface area (TPSA) is 75.3 Å². The molecule has 1 unspecified atom stereocenters. The summed E-state index contributed by atoms with van der Waals surface area (Å²) in [6, 6.07) is 8.04. The number of aromatic nitrogens is 1.